The fourth-order valence-corrected chi connectivity index (χ4v) is 1.04. The van der Waals surface area contributed by atoms with E-state index in [2.05, 4.69) is 0 Å². The molecule has 1 N–H and O–H groups in total. The molecule has 4 heteroatoms. The van der Waals surface area contributed by atoms with Crippen molar-refractivity contribution in [3.05, 3.63) is 34.6 Å². The Kier molecular flexibility index (Phi) is 2.65. The van der Waals surface area contributed by atoms with Crippen molar-refractivity contribution in [3.8, 4) is 0 Å². The van der Waals surface area contributed by atoms with E-state index in [1.165, 1.54) is 18.2 Å². The molecule has 1 rings (SSSR count). The smallest absolute Gasteiger partial charge is 0.307 e. The standard InChI is InChI=1S/C8H6ClFO2/c9-8-5(4-7(11)12)2-1-3-6(8)10/h1-3H,4H2,(H,11,12). The Morgan fingerprint density at radius 1 is 1.58 bits per heavy atom. The number of carboxylic acids is 1. The van der Waals surface area contributed by atoms with Crippen LogP contribution in [0.4, 0.5) is 4.39 Å². The maximum Gasteiger partial charge on any atom is 0.307 e. The Hall–Kier alpha value is -1.09. The van der Waals surface area contributed by atoms with Crippen LogP contribution in [-0.4, -0.2) is 11.1 Å². The fraction of sp³-hybridized carbons (Fsp3) is 0.125. The minimum Gasteiger partial charge on any atom is -0.481 e. The van der Waals surface area contributed by atoms with E-state index in [1.54, 1.807) is 0 Å². The van der Waals surface area contributed by atoms with Gasteiger partial charge >= 0.3 is 5.97 Å². The van der Waals surface area contributed by atoms with Crippen molar-refractivity contribution in [2.75, 3.05) is 0 Å². The topological polar surface area (TPSA) is 37.3 Å². The van der Waals surface area contributed by atoms with E-state index in [1.807, 2.05) is 0 Å². The Morgan fingerprint density at radius 3 is 2.83 bits per heavy atom. The van der Waals surface area contributed by atoms with Crippen LogP contribution >= 0.6 is 11.6 Å². The molecule has 0 fully saturated rings. The summed E-state index contributed by atoms with van der Waals surface area (Å²) in [6.45, 7) is 0. The maximum absolute atomic E-state index is 12.7. The summed E-state index contributed by atoms with van der Waals surface area (Å²) in [6.07, 6.45) is -0.253. The largest absolute Gasteiger partial charge is 0.481 e. The highest BCUT2D eigenvalue weighted by Gasteiger charge is 2.08. The summed E-state index contributed by atoms with van der Waals surface area (Å²) in [5.41, 5.74) is 0.296. The molecule has 64 valence electrons. The summed E-state index contributed by atoms with van der Waals surface area (Å²) in [4.78, 5) is 10.3. The lowest BCUT2D eigenvalue weighted by Gasteiger charge is -2.00. The average molecular weight is 189 g/mol. The molecule has 0 aliphatic rings. The SMILES string of the molecule is O=C(O)Cc1cccc(F)c1Cl. The molecule has 0 atom stereocenters. The highest BCUT2D eigenvalue weighted by Crippen LogP contribution is 2.19. The van der Waals surface area contributed by atoms with Crippen LogP contribution in [0.2, 0.25) is 5.02 Å². The van der Waals surface area contributed by atoms with Crippen LogP contribution in [0, 0.1) is 5.82 Å². The molecule has 0 unspecified atom stereocenters. The van der Waals surface area contributed by atoms with Gasteiger partial charge in [-0.1, -0.05) is 23.7 Å². The summed E-state index contributed by atoms with van der Waals surface area (Å²) in [7, 11) is 0. The second-order valence-corrected chi connectivity index (χ2v) is 2.66. The molecular formula is C8H6ClFO2. The van der Waals surface area contributed by atoms with Crippen LogP contribution in [0.25, 0.3) is 0 Å². The van der Waals surface area contributed by atoms with Crippen molar-refractivity contribution in [3.63, 3.8) is 0 Å². The van der Waals surface area contributed by atoms with Gasteiger partial charge < -0.3 is 5.11 Å². The van der Waals surface area contributed by atoms with E-state index in [-0.39, 0.29) is 11.4 Å². The van der Waals surface area contributed by atoms with E-state index < -0.39 is 11.8 Å². The van der Waals surface area contributed by atoms with Gasteiger partial charge in [0.15, 0.2) is 0 Å². The molecule has 0 saturated carbocycles. The van der Waals surface area contributed by atoms with Crippen molar-refractivity contribution in [2.45, 2.75) is 6.42 Å². The highest BCUT2D eigenvalue weighted by atomic mass is 35.5. The Labute approximate surface area is 73.6 Å². The van der Waals surface area contributed by atoms with Crippen molar-refractivity contribution >= 4 is 17.6 Å². The maximum atomic E-state index is 12.7. The fourth-order valence-electron chi connectivity index (χ4n) is 0.848. The molecule has 0 aliphatic carbocycles. The van der Waals surface area contributed by atoms with Gasteiger partial charge in [0.1, 0.15) is 5.82 Å². The second kappa shape index (κ2) is 3.54. The summed E-state index contributed by atoms with van der Waals surface area (Å²) >= 11 is 5.50. The second-order valence-electron chi connectivity index (χ2n) is 2.28. The number of carboxylic acid groups (broad SMARTS) is 1. The third-order valence-corrected chi connectivity index (χ3v) is 1.80. The molecule has 1 aromatic carbocycles. The number of hydrogen-bond acceptors (Lipinski definition) is 1. The molecule has 0 amide bonds. The first-order chi connectivity index (χ1) is 5.61. The van der Waals surface area contributed by atoms with Crippen molar-refractivity contribution in [1.82, 2.24) is 0 Å². The van der Waals surface area contributed by atoms with Gasteiger partial charge in [0, 0.05) is 0 Å². The number of benzene rings is 1. The predicted molar refractivity (Wildman–Crippen MR) is 42.7 cm³/mol. The zero-order valence-electron chi connectivity index (χ0n) is 6.05. The Morgan fingerprint density at radius 2 is 2.25 bits per heavy atom. The molecule has 0 spiro atoms. The molecule has 0 radical (unpaired) electrons. The minimum atomic E-state index is -1.03. The highest BCUT2D eigenvalue weighted by molar-refractivity contribution is 6.31. The molecule has 0 saturated heterocycles. The molecule has 0 bridgehead atoms. The molecule has 2 nitrogen and oxygen atoms in total. The number of carbonyl (C=O) groups is 1. The van der Waals surface area contributed by atoms with Crippen molar-refractivity contribution < 1.29 is 14.3 Å². The summed E-state index contributed by atoms with van der Waals surface area (Å²) in [5.74, 6) is -1.61. The number of hydrogen-bond donors (Lipinski definition) is 1. The van der Waals surface area contributed by atoms with Crippen LogP contribution < -0.4 is 0 Å². The summed E-state index contributed by atoms with van der Waals surface area (Å²) < 4.78 is 12.7. The molecule has 1 aromatic rings. The normalized spacial score (nSPS) is 9.83. The monoisotopic (exact) mass is 188 g/mol. The lowest BCUT2D eigenvalue weighted by atomic mass is 10.1. The average Bonchev–Trinajstić information content (AvgIpc) is 1.98. The number of halogens is 2. The summed E-state index contributed by atoms with van der Waals surface area (Å²) in [5, 5.41) is 8.29. The molecular weight excluding hydrogens is 183 g/mol. The van der Waals surface area contributed by atoms with E-state index >= 15 is 0 Å². The predicted octanol–water partition coefficient (Wildman–Crippen LogP) is 2.11. The zero-order valence-corrected chi connectivity index (χ0v) is 6.81. The molecule has 0 aliphatic heterocycles. The zero-order chi connectivity index (χ0) is 9.14. The molecule has 0 heterocycles. The van der Waals surface area contributed by atoms with Crippen LogP contribution in [-0.2, 0) is 11.2 Å². The minimum absolute atomic E-state index is 0.111. The Bertz CT molecular complexity index is 312. The molecule has 12 heavy (non-hydrogen) atoms. The third kappa shape index (κ3) is 1.95. The first kappa shape index (κ1) is 9.00. The third-order valence-electron chi connectivity index (χ3n) is 1.37. The van der Waals surface area contributed by atoms with Gasteiger partial charge in [-0.25, -0.2) is 4.39 Å². The lowest BCUT2D eigenvalue weighted by Crippen LogP contribution is -2.01. The van der Waals surface area contributed by atoms with E-state index in [0.717, 1.165) is 0 Å². The van der Waals surface area contributed by atoms with Crippen molar-refractivity contribution in [2.24, 2.45) is 0 Å². The van der Waals surface area contributed by atoms with Crippen molar-refractivity contribution in [1.29, 1.82) is 0 Å². The number of rotatable bonds is 2. The van der Waals surface area contributed by atoms with Gasteiger partial charge in [0.2, 0.25) is 0 Å². The lowest BCUT2D eigenvalue weighted by molar-refractivity contribution is -0.136. The van der Waals surface area contributed by atoms with Gasteiger partial charge in [-0.05, 0) is 11.6 Å². The molecule has 0 aromatic heterocycles. The van der Waals surface area contributed by atoms with Gasteiger partial charge in [0.05, 0.1) is 11.4 Å². The van der Waals surface area contributed by atoms with Gasteiger partial charge in [-0.3, -0.25) is 4.79 Å². The number of aliphatic carboxylic acids is 1. The summed E-state index contributed by atoms with van der Waals surface area (Å²) in [6, 6.07) is 4.10. The Balaban J connectivity index is 3.00. The van der Waals surface area contributed by atoms with Crippen LogP contribution in [0.15, 0.2) is 18.2 Å². The van der Waals surface area contributed by atoms with E-state index in [9.17, 15) is 9.18 Å². The van der Waals surface area contributed by atoms with E-state index in [0.29, 0.717) is 5.56 Å². The first-order valence-electron chi connectivity index (χ1n) is 3.26. The van der Waals surface area contributed by atoms with Gasteiger partial charge in [-0.15, -0.1) is 0 Å². The van der Waals surface area contributed by atoms with Crippen LogP contribution in [0.1, 0.15) is 5.56 Å². The van der Waals surface area contributed by atoms with Crippen LogP contribution in [0.3, 0.4) is 0 Å². The van der Waals surface area contributed by atoms with Gasteiger partial charge in [0.25, 0.3) is 0 Å². The van der Waals surface area contributed by atoms with Crippen LogP contribution in [0.5, 0.6) is 0 Å². The quantitative estimate of drug-likeness (QED) is 0.772. The first-order valence-corrected chi connectivity index (χ1v) is 3.63. The van der Waals surface area contributed by atoms with Gasteiger partial charge in [-0.2, -0.15) is 0 Å². The van der Waals surface area contributed by atoms with E-state index in [4.69, 9.17) is 16.7 Å².